The molecule has 1 heterocycles. The molecule has 2 rings (SSSR count). The van der Waals surface area contributed by atoms with Gasteiger partial charge in [-0.2, -0.15) is 0 Å². The lowest BCUT2D eigenvalue weighted by molar-refractivity contribution is 1.08. The summed E-state index contributed by atoms with van der Waals surface area (Å²) in [5.41, 5.74) is 6.25. The van der Waals surface area contributed by atoms with Crippen LogP contribution in [-0.4, -0.2) is 21.0 Å². The molecule has 1 saturated carbocycles. The lowest BCUT2D eigenvalue weighted by atomic mass is 10.3. The van der Waals surface area contributed by atoms with Gasteiger partial charge >= 0.3 is 0 Å². The second-order valence-corrected chi connectivity index (χ2v) is 3.51. The van der Waals surface area contributed by atoms with Crippen molar-refractivity contribution in [2.24, 2.45) is 5.73 Å². The predicted molar refractivity (Wildman–Crippen MR) is 54.6 cm³/mol. The average Bonchev–Trinajstić information content (AvgIpc) is 2.89. The first kappa shape index (κ1) is 8.37. The van der Waals surface area contributed by atoms with E-state index in [0.29, 0.717) is 11.0 Å². The van der Waals surface area contributed by atoms with Gasteiger partial charge in [0.25, 0.3) is 0 Å². The fourth-order valence-electron chi connectivity index (χ4n) is 1.05. The van der Waals surface area contributed by atoms with E-state index in [2.05, 4.69) is 15.3 Å². The maximum Gasteiger partial charge on any atom is 0.139 e. The summed E-state index contributed by atoms with van der Waals surface area (Å²) in [6, 6.07) is 0.544. The number of thiocarbonyl (C=S) groups is 1. The van der Waals surface area contributed by atoms with Gasteiger partial charge in [-0.15, -0.1) is 0 Å². The van der Waals surface area contributed by atoms with Gasteiger partial charge in [0.05, 0.1) is 5.56 Å². The maximum absolute atomic E-state index is 5.52. The molecule has 0 spiro atoms. The van der Waals surface area contributed by atoms with Gasteiger partial charge < -0.3 is 11.1 Å². The summed E-state index contributed by atoms with van der Waals surface area (Å²) >= 11 is 4.88. The summed E-state index contributed by atoms with van der Waals surface area (Å²) in [6.45, 7) is 0. The van der Waals surface area contributed by atoms with E-state index in [0.717, 1.165) is 11.4 Å². The Bertz CT molecular complexity index is 335. The van der Waals surface area contributed by atoms with E-state index < -0.39 is 0 Å². The standard InChI is InChI=1S/C8H10N4S/c9-7(13)6-3-10-4-11-8(6)12-5-1-2-5/h3-5H,1-2H2,(H2,9,13)(H,10,11,12). The monoisotopic (exact) mass is 194 g/mol. The first-order valence-electron chi connectivity index (χ1n) is 4.13. The molecule has 1 aromatic heterocycles. The van der Waals surface area contributed by atoms with E-state index in [9.17, 15) is 0 Å². The summed E-state index contributed by atoms with van der Waals surface area (Å²) in [5.74, 6) is 0.755. The Morgan fingerprint density at radius 1 is 1.62 bits per heavy atom. The second kappa shape index (κ2) is 3.26. The van der Waals surface area contributed by atoms with Crippen LogP contribution in [0.2, 0.25) is 0 Å². The van der Waals surface area contributed by atoms with Crippen molar-refractivity contribution >= 4 is 23.0 Å². The quantitative estimate of drug-likeness (QED) is 0.693. The van der Waals surface area contributed by atoms with Gasteiger partial charge in [0.2, 0.25) is 0 Å². The maximum atomic E-state index is 5.52. The molecular weight excluding hydrogens is 184 g/mol. The zero-order valence-electron chi connectivity index (χ0n) is 7.03. The minimum atomic E-state index is 0.337. The number of hydrogen-bond donors (Lipinski definition) is 2. The molecule has 0 bridgehead atoms. The van der Waals surface area contributed by atoms with E-state index >= 15 is 0 Å². The molecule has 1 aliphatic carbocycles. The van der Waals surface area contributed by atoms with Gasteiger partial charge in [-0.05, 0) is 12.8 Å². The second-order valence-electron chi connectivity index (χ2n) is 3.07. The molecule has 1 aliphatic rings. The molecule has 0 amide bonds. The summed E-state index contributed by atoms with van der Waals surface area (Å²) in [5, 5.41) is 3.25. The number of anilines is 1. The summed E-state index contributed by atoms with van der Waals surface area (Å²) in [4.78, 5) is 8.30. The molecule has 1 fully saturated rings. The van der Waals surface area contributed by atoms with Gasteiger partial charge in [-0.3, -0.25) is 0 Å². The topological polar surface area (TPSA) is 63.8 Å². The first-order valence-corrected chi connectivity index (χ1v) is 4.54. The lowest BCUT2D eigenvalue weighted by Crippen LogP contribution is -2.15. The van der Waals surface area contributed by atoms with Crippen LogP contribution in [0.1, 0.15) is 18.4 Å². The van der Waals surface area contributed by atoms with Crippen LogP contribution in [0.5, 0.6) is 0 Å². The Morgan fingerprint density at radius 3 is 3.00 bits per heavy atom. The van der Waals surface area contributed by atoms with Gasteiger partial charge in [0.15, 0.2) is 0 Å². The zero-order valence-corrected chi connectivity index (χ0v) is 7.84. The minimum absolute atomic E-state index is 0.337. The molecule has 4 nitrogen and oxygen atoms in total. The first-order chi connectivity index (χ1) is 6.27. The molecule has 0 saturated heterocycles. The van der Waals surface area contributed by atoms with Crippen LogP contribution in [0.25, 0.3) is 0 Å². The normalized spacial score (nSPS) is 15.4. The van der Waals surface area contributed by atoms with Crippen molar-refractivity contribution in [3.05, 3.63) is 18.1 Å². The highest BCUT2D eigenvalue weighted by Crippen LogP contribution is 2.24. The SMILES string of the molecule is NC(=S)c1cncnc1NC1CC1. The average molecular weight is 194 g/mol. The van der Waals surface area contributed by atoms with Crippen LogP contribution in [0.4, 0.5) is 5.82 Å². The number of nitrogens with two attached hydrogens (primary N) is 1. The Balaban J connectivity index is 2.25. The summed E-state index contributed by atoms with van der Waals surface area (Å²) in [6.07, 6.45) is 5.52. The third kappa shape index (κ3) is 1.92. The highest BCUT2D eigenvalue weighted by molar-refractivity contribution is 7.80. The predicted octanol–water partition coefficient (Wildman–Crippen LogP) is 0.685. The molecule has 0 radical (unpaired) electrons. The fraction of sp³-hybridized carbons (Fsp3) is 0.375. The van der Waals surface area contributed by atoms with Crippen molar-refractivity contribution in [1.29, 1.82) is 0 Å². The van der Waals surface area contributed by atoms with Crippen molar-refractivity contribution < 1.29 is 0 Å². The molecule has 0 aromatic carbocycles. The molecule has 0 unspecified atom stereocenters. The fourth-order valence-corrected chi connectivity index (χ4v) is 1.20. The van der Waals surface area contributed by atoms with Crippen LogP contribution in [-0.2, 0) is 0 Å². The zero-order chi connectivity index (χ0) is 9.26. The van der Waals surface area contributed by atoms with E-state index in [1.807, 2.05) is 0 Å². The number of aromatic nitrogens is 2. The minimum Gasteiger partial charge on any atom is -0.389 e. The van der Waals surface area contributed by atoms with Crippen molar-refractivity contribution in [2.45, 2.75) is 18.9 Å². The van der Waals surface area contributed by atoms with Crippen LogP contribution < -0.4 is 11.1 Å². The van der Waals surface area contributed by atoms with Crippen LogP contribution >= 0.6 is 12.2 Å². The molecule has 13 heavy (non-hydrogen) atoms. The molecule has 5 heteroatoms. The van der Waals surface area contributed by atoms with E-state index in [1.165, 1.54) is 19.2 Å². The lowest BCUT2D eigenvalue weighted by Gasteiger charge is -2.07. The largest absolute Gasteiger partial charge is 0.389 e. The molecule has 68 valence electrons. The summed E-state index contributed by atoms with van der Waals surface area (Å²) < 4.78 is 0. The van der Waals surface area contributed by atoms with Gasteiger partial charge in [0, 0.05) is 12.2 Å². The van der Waals surface area contributed by atoms with Gasteiger partial charge in [0.1, 0.15) is 17.1 Å². The molecule has 3 N–H and O–H groups in total. The Labute approximate surface area is 81.6 Å². The third-order valence-corrected chi connectivity index (χ3v) is 2.12. The molecule has 0 aliphatic heterocycles. The van der Waals surface area contributed by atoms with Crippen molar-refractivity contribution in [3.8, 4) is 0 Å². The van der Waals surface area contributed by atoms with E-state index in [-0.39, 0.29) is 0 Å². The van der Waals surface area contributed by atoms with Crippen molar-refractivity contribution in [1.82, 2.24) is 9.97 Å². The smallest absolute Gasteiger partial charge is 0.139 e. The molecular formula is C8H10N4S. The molecule has 1 aromatic rings. The van der Waals surface area contributed by atoms with E-state index in [4.69, 9.17) is 18.0 Å². The number of nitrogens with zero attached hydrogens (tertiary/aromatic N) is 2. The summed E-state index contributed by atoms with van der Waals surface area (Å²) in [7, 11) is 0. The Hall–Kier alpha value is -1.23. The van der Waals surface area contributed by atoms with Gasteiger partial charge in [-0.1, -0.05) is 12.2 Å². The van der Waals surface area contributed by atoms with Crippen LogP contribution in [0, 0.1) is 0 Å². The van der Waals surface area contributed by atoms with Crippen molar-refractivity contribution in [3.63, 3.8) is 0 Å². The van der Waals surface area contributed by atoms with Crippen molar-refractivity contribution in [2.75, 3.05) is 5.32 Å². The number of hydrogen-bond acceptors (Lipinski definition) is 4. The van der Waals surface area contributed by atoms with Gasteiger partial charge in [-0.25, -0.2) is 9.97 Å². The third-order valence-electron chi connectivity index (χ3n) is 1.90. The highest BCUT2D eigenvalue weighted by atomic mass is 32.1. The number of rotatable bonds is 3. The Kier molecular flexibility index (Phi) is 2.10. The van der Waals surface area contributed by atoms with Crippen LogP contribution in [0.15, 0.2) is 12.5 Å². The number of nitrogens with one attached hydrogen (secondary N) is 1. The Morgan fingerprint density at radius 2 is 2.38 bits per heavy atom. The highest BCUT2D eigenvalue weighted by Gasteiger charge is 2.22. The molecule has 0 atom stereocenters. The van der Waals surface area contributed by atoms with Crippen LogP contribution in [0.3, 0.4) is 0 Å². The van der Waals surface area contributed by atoms with E-state index in [1.54, 1.807) is 6.20 Å².